The summed E-state index contributed by atoms with van der Waals surface area (Å²) >= 11 is 0. The van der Waals surface area contributed by atoms with Gasteiger partial charge in [0.25, 0.3) is 0 Å². The van der Waals surface area contributed by atoms with Crippen LogP contribution in [0.25, 0.3) is 10.9 Å². The number of nitrogens with two attached hydrogens (primary N) is 1. The summed E-state index contributed by atoms with van der Waals surface area (Å²) in [6, 6.07) is 6.37. The number of aliphatic imine (C=N–C) groups is 1. The highest BCUT2D eigenvalue weighted by Gasteiger charge is 2.04. The Hall–Kier alpha value is -1.24. The van der Waals surface area contributed by atoms with E-state index in [2.05, 4.69) is 53.5 Å². The number of nitrogens with one attached hydrogen (secondary N) is 2. The Bertz CT molecular complexity index is 574. The number of H-pyrrole nitrogens is 1. The molecule has 0 fully saturated rings. The number of aromatic nitrogens is 1. The number of guanidine groups is 1. The van der Waals surface area contributed by atoms with Crippen LogP contribution in [0.4, 0.5) is 0 Å². The topological polar surface area (TPSA) is 66.2 Å². The molecule has 0 radical (unpaired) electrons. The van der Waals surface area contributed by atoms with E-state index in [9.17, 15) is 0 Å². The molecule has 4 nitrogen and oxygen atoms in total. The molecule has 0 atom stereocenters. The van der Waals surface area contributed by atoms with Gasteiger partial charge in [0.05, 0.1) is 0 Å². The maximum absolute atomic E-state index is 5.77. The second-order valence-corrected chi connectivity index (χ2v) is 4.76. The van der Waals surface area contributed by atoms with Gasteiger partial charge in [-0.2, -0.15) is 0 Å². The SMILES string of the molecule is CCCN=C(N)NCCc1c[nH]c2c(C)cccc12.I. The number of fused-ring (bicyclic) bond motifs is 1. The van der Waals surface area contributed by atoms with Gasteiger partial charge in [0.15, 0.2) is 5.96 Å². The summed E-state index contributed by atoms with van der Waals surface area (Å²) in [6.07, 6.45) is 4.04. The lowest BCUT2D eigenvalue weighted by atomic mass is 10.1. The van der Waals surface area contributed by atoms with E-state index < -0.39 is 0 Å². The number of hydrogen-bond donors (Lipinski definition) is 3. The zero-order valence-electron chi connectivity index (χ0n) is 12.1. The Morgan fingerprint density at radius 2 is 2.20 bits per heavy atom. The second-order valence-electron chi connectivity index (χ2n) is 4.76. The largest absolute Gasteiger partial charge is 0.370 e. The van der Waals surface area contributed by atoms with Crippen molar-refractivity contribution in [2.24, 2.45) is 10.7 Å². The molecular formula is C15H23IN4. The van der Waals surface area contributed by atoms with Crippen LogP contribution in [0.15, 0.2) is 29.4 Å². The third-order valence-electron chi connectivity index (χ3n) is 3.22. The molecule has 5 heteroatoms. The molecule has 0 saturated carbocycles. The molecular weight excluding hydrogens is 363 g/mol. The first-order valence-electron chi connectivity index (χ1n) is 6.81. The molecule has 0 aliphatic heterocycles. The van der Waals surface area contributed by atoms with E-state index in [0.717, 1.165) is 25.9 Å². The van der Waals surface area contributed by atoms with Crippen LogP contribution in [0.5, 0.6) is 0 Å². The van der Waals surface area contributed by atoms with E-state index in [0.29, 0.717) is 5.96 Å². The van der Waals surface area contributed by atoms with Gasteiger partial charge in [0, 0.05) is 30.2 Å². The van der Waals surface area contributed by atoms with Crippen molar-refractivity contribution >= 4 is 40.8 Å². The van der Waals surface area contributed by atoms with Crippen molar-refractivity contribution < 1.29 is 0 Å². The van der Waals surface area contributed by atoms with Crippen LogP contribution in [0, 0.1) is 6.92 Å². The summed E-state index contributed by atoms with van der Waals surface area (Å²) in [5.41, 5.74) is 9.59. The minimum absolute atomic E-state index is 0. The lowest BCUT2D eigenvalue weighted by Gasteiger charge is -2.05. The number of para-hydroxylation sites is 1. The van der Waals surface area contributed by atoms with E-state index in [1.54, 1.807) is 0 Å². The second kappa shape index (κ2) is 8.14. The number of halogens is 1. The first kappa shape index (κ1) is 16.8. The van der Waals surface area contributed by atoms with Crippen molar-refractivity contribution in [3.8, 4) is 0 Å². The van der Waals surface area contributed by atoms with Crippen LogP contribution in [0.1, 0.15) is 24.5 Å². The predicted molar refractivity (Wildman–Crippen MR) is 96.9 cm³/mol. The highest BCUT2D eigenvalue weighted by atomic mass is 127. The third kappa shape index (κ3) is 4.13. The van der Waals surface area contributed by atoms with Gasteiger partial charge in [-0.05, 0) is 30.9 Å². The zero-order chi connectivity index (χ0) is 13.7. The molecule has 4 N–H and O–H groups in total. The average Bonchev–Trinajstić information content (AvgIpc) is 2.81. The van der Waals surface area contributed by atoms with Gasteiger partial charge in [0.2, 0.25) is 0 Å². The molecule has 20 heavy (non-hydrogen) atoms. The first-order valence-corrected chi connectivity index (χ1v) is 6.81. The van der Waals surface area contributed by atoms with E-state index in [-0.39, 0.29) is 24.0 Å². The lowest BCUT2D eigenvalue weighted by Crippen LogP contribution is -2.33. The van der Waals surface area contributed by atoms with Crippen LogP contribution in [-0.4, -0.2) is 24.0 Å². The number of hydrogen-bond acceptors (Lipinski definition) is 1. The Balaban J connectivity index is 0.00000200. The van der Waals surface area contributed by atoms with E-state index in [1.165, 1.54) is 22.0 Å². The number of benzene rings is 1. The molecule has 0 spiro atoms. The molecule has 1 heterocycles. The van der Waals surface area contributed by atoms with Crippen LogP contribution in [0.2, 0.25) is 0 Å². The Morgan fingerprint density at radius 1 is 1.40 bits per heavy atom. The van der Waals surface area contributed by atoms with E-state index in [4.69, 9.17) is 5.73 Å². The maximum Gasteiger partial charge on any atom is 0.188 e. The molecule has 0 saturated heterocycles. The van der Waals surface area contributed by atoms with Crippen LogP contribution >= 0.6 is 24.0 Å². The first-order chi connectivity index (χ1) is 9.22. The number of nitrogens with zero attached hydrogens (tertiary/aromatic N) is 1. The van der Waals surface area contributed by atoms with Crippen molar-refractivity contribution in [2.45, 2.75) is 26.7 Å². The number of aromatic amines is 1. The van der Waals surface area contributed by atoms with Crippen molar-refractivity contribution in [1.29, 1.82) is 0 Å². The van der Waals surface area contributed by atoms with Crippen molar-refractivity contribution in [1.82, 2.24) is 10.3 Å². The highest BCUT2D eigenvalue weighted by molar-refractivity contribution is 14.0. The highest BCUT2D eigenvalue weighted by Crippen LogP contribution is 2.21. The minimum Gasteiger partial charge on any atom is -0.370 e. The molecule has 0 unspecified atom stereocenters. The molecule has 1 aromatic heterocycles. The normalized spacial score (nSPS) is 11.4. The molecule has 0 amide bonds. The smallest absolute Gasteiger partial charge is 0.188 e. The zero-order valence-corrected chi connectivity index (χ0v) is 14.4. The molecule has 0 aliphatic rings. The Morgan fingerprint density at radius 3 is 2.95 bits per heavy atom. The summed E-state index contributed by atoms with van der Waals surface area (Å²) < 4.78 is 0. The number of aryl methyl sites for hydroxylation is 1. The third-order valence-corrected chi connectivity index (χ3v) is 3.22. The van der Waals surface area contributed by atoms with Crippen LogP contribution in [0.3, 0.4) is 0 Å². The van der Waals surface area contributed by atoms with Gasteiger partial charge in [-0.1, -0.05) is 25.1 Å². The fourth-order valence-electron chi connectivity index (χ4n) is 2.18. The fraction of sp³-hybridized carbons (Fsp3) is 0.400. The van der Waals surface area contributed by atoms with Crippen LogP contribution < -0.4 is 11.1 Å². The standard InChI is InChI=1S/C15H22N4.HI/c1-3-8-17-15(16)18-9-7-12-10-19-14-11(2)5-4-6-13(12)14;/h4-6,10,19H,3,7-9H2,1-2H3,(H3,16,17,18);1H. The lowest BCUT2D eigenvalue weighted by molar-refractivity contribution is 0.842. The molecule has 2 rings (SSSR count). The average molecular weight is 386 g/mol. The van der Waals surface area contributed by atoms with Crippen molar-refractivity contribution in [3.05, 3.63) is 35.5 Å². The summed E-state index contributed by atoms with van der Waals surface area (Å²) in [7, 11) is 0. The molecule has 0 bridgehead atoms. The van der Waals surface area contributed by atoms with E-state index >= 15 is 0 Å². The summed E-state index contributed by atoms with van der Waals surface area (Å²) in [5, 5.41) is 4.45. The van der Waals surface area contributed by atoms with E-state index in [1.807, 2.05) is 0 Å². The van der Waals surface area contributed by atoms with Gasteiger partial charge in [-0.15, -0.1) is 24.0 Å². The summed E-state index contributed by atoms with van der Waals surface area (Å²) in [4.78, 5) is 7.55. The van der Waals surface area contributed by atoms with Crippen LogP contribution in [-0.2, 0) is 6.42 Å². The van der Waals surface area contributed by atoms with Gasteiger partial charge in [-0.3, -0.25) is 4.99 Å². The molecule has 0 aliphatic carbocycles. The Labute approximate surface area is 137 Å². The van der Waals surface area contributed by atoms with Gasteiger partial charge < -0.3 is 16.0 Å². The molecule has 2 aromatic rings. The van der Waals surface area contributed by atoms with Gasteiger partial charge >= 0.3 is 0 Å². The van der Waals surface area contributed by atoms with Crippen molar-refractivity contribution in [3.63, 3.8) is 0 Å². The Kier molecular flexibility index (Phi) is 6.84. The predicted octanol–water partition coefficient (Wildman–Crippen LogP) is 2.95. The fourth-order valence-corrected chi connectivity index (χ4v) is 2.18. The van der Waals surface area contributed by atoms with Crippen molar-refractivity contribution in [2.75, 3.05) is 13.1 Å². The quantitative estimate of drug-likeness (QED) is 0.420. The summed E-state index contributed by atoms with van der Waals surface area (Å²) in [6.45, 7) is 5.80. The van der Waals surface area contributed by atoms with Gasteiger partial charge in [0.1, 0.15) is 0 Å². The van der Waals surface area contributed by atoms with Gasteiger partial charge in [-0.25, -0.2) is 0 Å². The minimum atomic E-state index is 0. The molecule has 110 valence electrons. The monoisotopic (exact) mass is 386 g/mol. The summed E-state index contributed by atoms with van der Waals surface area (Å²) in [5.74, 6) is 0.540. The number of rotatable bonds is 5. The molecule has 1 aromatic carbocycles. The maximum atomic E-state index is 5.77.